The van der Waals surface area contributed by atoms with Gasteiger partial charge in [0.05, 0.1) is 6.61 Å². The predicted octanol–water partition coefficient (Wildman–Crippen LogP) is 9.42. The maximum atomic E-state index is 15.1. The maximum Gasteiger partial charge on any atom is 0.166 e. The van der Waals surface area contributed by atoms with Crippen molar-refractivity contribution in [2.45, 2.75) is 77.6 Å². The number of ether oxygens (including phenoxy) is 1. The molecular formula is C32H37F3O. The minimum absolute atomic E-state index is 0.00650. The van der Waals surface area contributed by atoms with Crippen LogP contribution in [0.4, 0.5) is 13.2 Å². The number of aryl methyl sites for hydroxylation is 2. The van der Waals surface area contributed by atoms with Gasteiger partial charge in [-0.25, -0.2) is 13.2 Å². The highest BCUT2D eigenvalue weighted by molar-refractivity contribution is 5.65. The highest BCUT2D eigenvalue weighted by Gasteiger charge is 2.27. The Bertz CT molecular complexity index is 1130. The molecule has 3 aromatic rings. The molecule has 0 aromatic heterocycles. The summed E-state index contributed by atoms with van der Waals surface area (Å²) in [6.45, 7) is 4.73. The third-order valence-corrected chi connectivity index (χ3v) is 7.51. The molecule has 4 heteroatoms. The lowest BCUT2D eigenvalue weighted by molar-refractivity contribution is 0.198. The van der Waals surface area contributed by atoms with E-state index in [0.29, 0.717) is 35.0 Å². The molecule has 0 radical (unpaired) electrons. The fourth-order valence-corrected chi connectivity index (χ4v) is 5.28. The second-order valence-electron chi connectivity index (χ2n) is 10.2. The van der Waals surface area contributed by atoms with Crippen molar-refractivity contribution < 1.29 is 17.9 Å². The molecule has 1 aliphatic rings. The van der Waals surface area contributed by atoms with Crippen molar-refractivity contribution in [3.8, 4) is 16.9 Å². The van der Waals surface area contributed by atoms with Gasteiger partial charge in [-0.1, -0.05) is 69.2 Å². The van der Waals surface area contributed by atoms with Crippen LogP contribution in [-0.4, -0.2) is 6.61 Å². The van der Waals surface area contributed by atoms with E-state index in [9.17, 15) is 4.39 Å². The summed E-state index contributed by atoms with van der Waals surface area (Å²) in [5.74, 6) is -0.789. The number of benzene rings is 3. The summed E-state index contributed by atoms with van der Waals surface area (Å²) in [5.41, 5.74) is 3.43. The zero-order valence-electron chi connectivity index (χ0n) is 21.5. The summed E-state index contributed by atoms with van der Waals surface area (Å²) in [7, 11) is 0. The predicted molar refractivity (Wildman–Crippen MR) is 141 cm³/mol. The van der Waals surface area contributed by atoms with Crippen molar-refractivity contribution in [3.05, 3.63) is 88.7 Å². The second kappa shape index (κ2) is 12.5. The molecule has 0 aliphatic heterocycles. The minimum atomic E-state index is -0.759. The number of halogens is 3. The van der Waals surface area contributed by atoms with E-state index in [4.69, 9.17) is 4.74 Å². The van der Waals surface area contributed by atoms with Crippen LogP contribution in [0.3, 0.4) is 0 Å². The molecule has 4 rings (SSSR count). The molecule has 0 heterocycles. The molecule has 0 bridgehead atoms. The SMILES string of the molecule is CCCCc1ccc(OCC2CCC(c3ccc(-c4ccc(CCC)cc4)c(F)c3F)CC2)cc1F. The Labute approximate surface area is 213 Å². The second-order valence-corrected chi connectivity index (χ2v) is 10.2. The minimum Gasteiger partial charge on any atom is -0.493 e. The Morgan fingerprint density at radius 3 is 2.19 bits per heavy atom. The van der Waals surface area contributed by atoms with E-state index >= 15 is 8.78 Å². The van der Waals surface area contributed by atoms with Gasteiger partial charge in [0, 0.05) is 11.6 Å². The van der Waals surface area contributed by atoms with Crippen LogP contribution in [0.2, 0.25) is 0 Å². The molecule has 1 aliphatic carbocycles. The molecule has 0 N–H and O–H groups in total. The lowest BCUT2D eigenvalue weighted by Crippen LogP contribution is -2.20. The molecule has 0 spiro atoms. The summed E-state index contributed by atoms with van der Waals surface area (Å²) in [4.78, 5) is 0. The number of hydrogen-bond acceptors (Lipinski definition) is 1. The van der Waals surface area contributed by atoms with Crippen LogP contribution in [-0.2, 0) is 12.8 Å². The fraction of sp³-hybridized carbons (Fsp3) is 0.438. The molecule has 0 atom stereocenters. The summed E-state index contributed by atoms with van der Waals surface area (Å²) in [6.07, 6.45) is 8.12. The van der Waals surface area contributed by atoms with Crippen molar-refractivity contribution in [1.29, 1.82) is 0 Å². The first-order chi connectivity index (χ1) is 17.5. The van der Waals surface area contributed by atoms with Crippen molar-refractivity contribution in [1.82, 2.24) is 0 Å². The van der Waals surface area contributed by atoms with Crippen molar-refractivity contribution in [2.75, 3.05) is 6.61 Å². The standard InChI is InChI=1S/C32H37F3O/c1-3-5-7-26-16-17-27(20-30(26)33)36-21-23-10-14-25(15-11-23)29-19-18-28(31(34)32(29)35)24-12-8-22(6-4-2)9-13-24/h8-9,12-13,16-20,23,25H,3-7,10-11,14-15,21H2,1-2H3. The van der Waals surface area contributed by atoms with Crippen LogP contribution in [0.1, 0.15) is 81.4 Å². The van der Waals surface area contributed by atoms with E-state index in [2.05, 4.69) is 13.8 Å². The van der Waals surface area contributed by atoms with Gasteiger partial charge in [-0.2, -0.15) is 0 Å². The first-order valence-electron chi connectivity index (χ1n) is 13.5. The number of unbranched alkanes of at least 4 members (excludes halogenated alkanes) is 1. The van der Waals surface area contributed by atoms with E-state index in [-0.39, 0.29) is 11.7 Å². The quantitative estimate of drug-likeness (QED) is 0.273. The molecule has 0 unspecified atom stereocenters. The summed E-state index contributed by atoms with van der Waals surface area (Å²) in [5, 5.41) is 0. The molecule has 1 saturated carbocycles. The Balaban J connectivity index is 1.33. The third-order valence-electron chi connectivity index (χ3n) is 7.51. The van der Waals surface area contributed by atoms with E-state index in [1.54, 1.807) is 12.1 Å². The summed E-state index contributed by atoms with van der Waals surface area (Å²) in [6, 6.07) is 16.3. The first kappa shape index (κ1) is 26.3. The highest BCUT2D eigenvalue weighted by Crippen LogP contribution is 2.39. The normalized spacial score (nSPS) is 17.8. The Hall–Kier alpha value is -2.75. The number of rotatable bonds is 10. The van der Waals surface area contributed by atoms with Crippen LogP contribution in [0.25, 0.3) is 11.1 Å². The fourth-order valence-electron chi connectivity index (χ4n) is 5.28. The molecular weight excluding hydrogens is 457 g/mol. The molecule has 3 aromatic carbocycles. The lowest BCUT2D eigenvalue weighted by atomic mass is 9.78. The molecule has 1 fully saturated rings. The van der Waals surface area contributed by atoms with Gasteiger partial charge < -0.3 is 4.74 Å². The highest BCUT2D eigenvalue weighted by atomic mass is 19.2. The van der Waals surface area contributed by atoms with Crippen LogP contribution in [0, 0.1) is 23.4 Å². The van der Waals surface area contributed by atoms with E-state index < -0.39 is 11.6 Å². The van der Waals surface area contributed by atoms with Gasteiger partial charge in [-0.05, 0) is 85.1 Å². The first-order valence-corrected chi connectivity index (χ1v) is 13.5. The van der Waals surface area contributed by atoms with Crippen molar-refractivity contribution >= 4 is 0 Å². The molecule has 0 saturated heterocycles. The smallest absolute Gasteiger partial charge is 0.166 e. The zero-order valence-corrected chi connectivity index (χ0v) is 21.5. The topological polar surface area (TPSA) is 9.23 Å². The van der Waals surface area contributed by atoms with Gasteiger partial charge in [0.15, 0.2) is 11.6 Å². The van der Waals surface area contributed by atoms with Gasteiger partial charge in [-0.15, -0.1) is 0 Å². The zero-order chi connectivity index (χ0) is 25.5. The monoisotopic (exact) mass is 494 g/mol. The van der Waals surface area contributed by atoms with Crippen LogP contribution < -0.4 is 4.74 Å². The van der Waals surface area contributed by atoms with Gasteiger partial charge in [0.25, 0.3) is 0 Å². The Kier molecular flexibility index (Phi) is 9.12. The largest absolute Gasteiger partial charge is 0.493 e. The average Bonchev–Trinajstić information content (AvgIpc) is 2.90. The maximum absolute atomic E-state index is 15.1. The lowest BCUT2D eigenvalue weighted by Gasteiger charge is -2.29. The van der Waals surface area contributed by atoms with Gasteiger partial charge >= 0.3 is 0 Å². The molecule has 36 heavy (non-hydrogen) atoms. The van der Waals surface area contributed by atoms with E-state index in [0.717, 1.165) is 63.4 Å². The van der Waals surface area contributed by atoms with Crippen molar-refractivity contribution in [3.63, 3.8) is 0 Å². The number of hydrogen-bond donors (Lipinski definition) is 0. The van der Waals surface area contributed by atoms with Crippen LogP contribution >= 0.6 is 0 Å². The van der Waals surface area contributed by atoms with E-state index in [1.165, 1.54) is 11.6 Å². The van der Waals surface area contributed by atoms with Gasteiger partial charge in [0.1, 0.15) is 11.6 Å². The van der Waals surface area contributed by atoms with Crippen LogP contribution in [0.5, 0.6) is 5.75 Å². The Morgan fingerprint density at radius 1 is 0.778 bits per heavy atom. The third kappa shape index (κ3) is 6.32. The van der Waals surface area contributed by atoms with Crippen molar-refractivity contribution in [2.24, 2.45) is 5.92 Å². The molecule has 1 nitrogen and oxygen atoms in total. The average molecular weight is 495 g/mol. The summed E-state index contributed by atoms with van der Waals surface area (Å²) >= 11 is 0. The molecule has 192 valence electrons. The summed E-state index contributed by atoms with van der Waals surface area (Å²) < 4.78 is 50.3. The van der Waals surface area contributed by atoms with Gasteiger partial charge in [-0.3, -0.25) is 0 Å². The Morgan fingerprint density at radius 2 is 1.53 bits per heavy atom. The van der Waals surface area contributed by atoms with E-state index in [1.807, 2.05) is 36.4 Å². The van der Waals surface area contributed by atoms with Gasteiger partial charge in [0.2, 0.25) is 0 Å². The molecule has 0 amide bonds. The van der Waals surface area contributed by atoms with Crippen LogP contribution in [0.15, 0.2) is 54.6 Å².